The fourth-order valence-corrected chi connectivity index (χ4v) is 4.23. The van der Waals surface area contributed by atoms with Crippen LogP contribution in [-0.4, -0.2) is 30.6 Å². The molecule has 8 nitrogen and oxygen atoms in total. The number of carboxylic acid groups (broad SMARTS) is 1. The minimum absolute atomic E-state index is 0.0549. The first kappa shape index (κ1) is 21.0. The highest BCUT2D eigenvalue weighted by atomic mass is 16.6. The molecule has 0 aliphatic heterocycles. The molecular weight excluding hydrogens is 370 g/mol. The van der Waals surface area contributed by atoms with Crippen LogP contribution in [-0.2, 0) is 16.1 Å². The zero-order chi connectivity index (χ0) is 20.5. The minimum Gasteiger partial charge on any atom is -0.481 e. The third kappa shape index (κ3) is 5.87. The maximum atomic E-state index is 11.0. The van der Waals surface area contributed by atoms with E-state index in [0.717, 1.165) is 24.1 Å². The Morgan fingerprint density at radius 1 is 1.21 bits per heavy atom. The van der Waals surface area contributed by atoms with Gasteiger partial charge in [0.15, 0.2) is 0 Å². The third-order valence-electron chi connectivity index (χ3n) is 5.57. The molecule has 156 valence electrons. The lowest BCUT2D eigenvalue weighted by Gasteiger charge is -2.32. The predicted octanol–water partition coefficient (Wildman–Crippen LogP) is 3.44. The topological polar surface area (TPSA) is 116 Å². The van der Waals surface area contributed by atoms with Crippen molar-refractivity contribution in [2.75, 3.05) is 0 Å². The molecule has 0 spiro atoms. The lowest BCUT2D eigenvalue weighted by Crippen LogP contribution is -2.24. The first-order valence-electron chi connectivity index (χ1n) is 10.2. The van der Waals surface area contributed by atoms with Crippen LogP contribution in [0, 0.1) is 5.92 Å². The molecule has 1 aliphatic rings. The van der Waals surface area contributed by atoms with Crippen LogP contribution in [0.25, 0.3) is 0 Å². The van der Waals surface area contributed by atoms with Crippen LogP contribution in [0.2, 0.25) is 0 Å². The van der Waals surface area contributed by atoms with Crippen molar-refractivity contribution in [2.45, 2.75) is 63.8 Å². The van der Waals surface area contributed by atoms with Crippen molar-refractivity contribution in [3.05, 3.63) is 54.3 Å². The van der Waals surface area contributed by atoms with Gasteiger partial charge >= 0.3 is 5.97 Å². The molecule has 0 bridgehead atoms. The average Bonchev–Trinajstić information content (AvgIpc) is 3.28. The highest BCUT2D eigenvalue weighted by Crippen LogP contribution is 2.39. The molecule has 0 saturated heterocycles. The lowest BCUT2D eigenvalue weighted by atomic mass is 9.78. The molecule has 29 heavy (non-hydrogen) atoms. The lowest BCUT2D eigenvalue weighted by molar-refractivity contribution is -0.137. The van der Waals surface area contributed by atoms with Gasteiger partial charge < -0.3 is 14.5 Å². The average molecular weight is 399 g/mol. The molecule has 0 radical (unpaired) electrons. The summed E-state index contributed by atoms with van der Waals surface area (Å²) in [5.41, 5.74) is 2.02. The number of aliphatic carboxylic acids is 1. The van der Waals surface area contributed by atoms with Crippen LogP contribution >= 0.6 is 0 Å². The van der Waals surface area contributed by atoms with Crippen molar-refractivity contribution in [2.24, 2.45) is 11.8 Å². The Hall–Kier alpha value is -2.74. The van der Waals surface area contributed by atoms with Gasteiger partial charge in [0, 0.05) is 50.2 Å². The molecule has 1 saturated carbocycles. The van der Waals surface area contributed by atoms with Crippen LogP contribution in [0.4, 0.5) is 0 Å². The Labute approximate surface area is 170 Å². The number of hydrogen-bond acceptors (Lipinski definition) is 6. The Balaban J connectivity index is 1.98. The summed E-state index contributed by atoms with van der Waals surface area (Å²) in [5.74, 6) is 5.95. The van der Waals surface area contributed by atoms with Gasteiger partial charge in [0.1, 0.15) is 5.76 Å². The first-order chi connectivity index (χ1) is 14.2. The number of carbonyl (C=O) groups is 1. The monoisotopic (exact) mass is 399 g/mol. The molecule has 2 heterocycles. The zero-order valence-electron chi connectivity index (χ0n) is 16.6. The van der Waals surface area contributed by atoms with Gasteiger partial charge in [-0.15, -0.1) is 0 Å². The molecule has 1 atom stereocenters. The minimum atomic E-state index is -0.814. The van der Waals surface area contributed by atoms with E-state index in [1.165, 1.54) is 19.3 Å². The number of rotatable bonds is 10. The Morgan fingerprint density at radius 3 is 2.66 bits per heavy atom. The van der Waals surface area contributed by atoms with Crippen LogP contribution in [0.1, 0.15) is 63.1 Å². The van der Waals surface area contributed by atoms with E-state index in [2.05, 4.69) is 19.5 Å². The van der Waals surface area contributed by atoms with Crippen molar-refractivity contribution < 1.29 is 14.7 Å². The van der Waals surface area contributed by atoms with Crippen LogP contribution in [0.5, 0.6) is 0 Å². The van der Waals surface area contributed by atoms with E-state index in [0.29, 0.717) is 30.9 Å². The van der Waals surface area contributed by atoms with Gasteiger partial charge in [0.05, 0.1) is 18.1 Å². The van der Waals surface area contributed by atoms with Crippen molar-refractivity contribution in [1.82, 2.24) is 19.5 Å². The van der Waals surface area contributed by atoms with Crippen LogP contribution in [0.15, 0.2) is 48.6 Å². The molecule has 2 aromatic rings. The van der Waals surface area contributed by atoms with Crippen LogP contribution in [0.3, 0.4) is 0 Å². The smallest absolute Gasteiger partial charge is 0.303 e. The fraction of sp³-hybridized carbons (Fsp3) is 0.524. The summed E-state index contributed by atoms with van der Waals surface area (Å²) in [6.45, 7) is 0. The Kier molecular flexibility index (Phi) is 7.75. The van der Waals surface area contributed by atoms with E-state index in [-0.39, 0.29) is 12.5 Å². The van der Waals surface area contributed by atoms with E-state index in [4.69, 9.17) is 15.8 Å². The molecule has 0 amide bonds. The van der Waals surface area contributed by atoms with E-state index >= 15 is 0 Å². The highest BCUT2D eigenvalue weighted by Gasteiger charge is 2.30. The molecule has 3 N–H and O–H groups in total. The van der Waals surface area contributed by atoms with Crippen molar-refractivity contribution in [3.8, 4) is 0 Å². The second kappa shape index (κ2) is 10.7. The summed E-state index contributed by atoms with van der Waals surface area (Å²) >= 11 is 0. The molecule has 0 aromatic carbocycles. The summed E-state index contributed by atoms with van der Waals surface area (Å²) in [7, 11) is 0. The maximum Gasteiger partial charge on any atom is 0.303 e. The molecule has 2 aromatic heterocycles. The van der Waals surface area contributed by atoms with E-state index in [1.54, 1.807) is 31.1 Å². The van der Waals surface area contributed by atoms with Gasteiger partial charge in [-0.3, -0.25) is 14.8 Å². The number of nitrogens with zero attached hydrogens (tertiary/aromatic N) is 4. The number of nitrogens with two attached hydrogens (primary N) is 1. The number of hydrogen-bond donors (Lipinski definition) is 2. The molecule has 1 aliphatic carbocycles. The van der Waals surface area contributed by atoms with Crippen molar-refractivity contribution >= 4 is 5.97 Å². The fourth-order valence-electron chi connectivity index (χ4n) is 4.23. The number of carboxylic acids is 1. The zero-order valence-corrected chi connectivity index (χ0v) is 16.6. The van der Waals surface area contributed by atoms with Gasteiger partial charge in [0.2, 0.25) is 0 Å². The second-order valence-electron chi connectivity index (χ2n) is 7.51. The first-order valence-corrected chi connectivity index (χ1v) is 10.2. The third-order valence-corrected chi connectivity index (χ3v) is 5.57. The van der Waals surface area contributed by atoms with Gasteiger partial charge in [-0.2, -0.15) is 5.90 Å². The van der Waals surface area contributed by atoms with Gasteiger partial charge in [-0.1, -0.05) is 19.3 Å². The summed E-state index contributed by atoms with van der Waals surface area (Å²) in [6.07, 6.45) is 18.1. The Morgan fingerprint density at radius 2 is 2.03 bits per heavy atom. The van der Waals surface area contributed by atoms with Crippen molar-refractivity contribution in [1.29, 1.82) is 0 Å². The summed E-state index contributed by atoms with van der Waals surface area (Å²) in [5, 5.41) is 9.02. The molecule has 3 rings (SSSR count). The second-order valence-corrected chi connectivity index (χ2v) is 7.51. The van der Waals surface area contributed by atoms with Gasteiger partial charge in [0.25, 0.3) is 0 Å². The summed E-state index contributed by atoms with van der Waals surface area (Å²) in [4.78, 5) is 29.3. The van der Waals surface area contributed by atoms with Gasteiger partial charge in [-0.05, 0) is 30.8 Å². The number of imidazole rings is 1. The number of aromatic nitrogens is 4. The van der Waals surface area contributed by atoms with E-state index in [9.17, 15) is 4.79 Å². The Bertz CT molecular complexity index is 786. The molecular formula is C21H29N5O3. The molecule has 1 fully saturated rings. The largest absolute Gasteiger partial charge is 0.481 e. The maximum absolute atomic E-state index is 11.0. The normalized spacial score (nSPS) is 16.9. The van der Waals surface area contributed by atoms with Gasteiger partial charge in [-0.25, -0.2) is 4.98 Å². The quantitative estimate of drug-likeness (QED) is 0.464. The molecule has 8 heteroatoms. The summed E-state index contributed by atoms with van der Waals surface area (Å²) in [6, 6.07) is -0.0549. The highest BCUT2D eigenvalue weighted by molar-refractivity contribution is 5.66. The SMILES string of the molecule is NOC(CCCC(=O)O)=C(C1CCCCC1)C(Cc1cnccn1)n1ccnc1. The number of allylic oxidation sites excluding steroid dienone is 2. The predicted molar refractivity (Wildman–Crippen MR) is 107 cm³/mol. The summed E-state index contributed by atoms with van der Waals surface area (Å²) < 4.78 is 2.06. The van der Waals surface area contributed by atoms with E-state index < -0.39 is 5.97 Å². The molecule has 1 unspecified atom stereocenters. The van der Waals surface area contributed by atoms with E-state index in [1.807, 2.05) is 6.20 Å². The van der Waals surface area contributed by atoms with Crippen LogP contribution < -0.4 is 5.90 Å². The van der Waals surface area contributed by atoms with Crippen molar-refractivity contribution in [3.63, 3.8) is 0 Å². The standard InChI is InChI=1S/C21H29N5O3/c22-29-19(7-4-8-20(27)28)21(16-5-2-1-3-6-16)18(26-12-11-24-15-26)13-17-14-23-9-10-25-17/h9-12,14-16,18H,1-8,13,22H2,(H,27,28).